The number of rotatable bonds is 3. The maximum absolute atomic E-state index is 13.0. The average Bonchev–Trinajstić information content (AvgIpc) is 2.76. The van der Waals surface area contributed by atoms with Crippen LogP contribution in [0.25, 0.3) is 11.0 Å². The highest BCUT2D eigenvalue weighted by molar-refractivity contribution is 7.89. The zero-order chi connectivity index (χ0) is 17.4. The minimum atomic E-state index is -4.93. The summed E-state index contributed by atoms with van der Waals surface area (Å²) in [4.78, 5) is 16.3. The summed E-state index contributed by atoms with van der Waals surface area (Å²) < 4.78 is 66.3. The van der Waals surface area contributed by atoms with Crippen LogP contribution in [0.15, 0.2) is 17.0 Å². The number of halogens is 3. The third kappa shape index (κ3) is 3.71. The van der Waals surface area contributed by atoms with Gasteiger partial charge in [-0.05, 0) is 19.1 Å². The molecule has 0 bridgehead atoms. The lowest BCUT2D eigenvalue weighted by Crippen LogP contribution is -2.19. The second kappa shape index (κ2) is 5.70. The fraction of sp³-hybridized carbons (Fsp3) is 0.273. The Bertz CT molecular complexity index is 860. The topological polar surface area (TPSA) is 127 Å². The first kappa shape index (κ1) is 17.0. The molecule has 0 aliphatic rings. The molecule has 126 valence electrons. The Labute approximate surface area is 127 Å². The Hall–Kier alpha value is -2.34. The quantitative estimate of drug-likeness (QED) is 0.776. The molecule has 0 aliphatic heterocycles. The van der Waals surface area contributed by atoms with Gasteiger partial charge < -0.3 is 9.72 Å². The number of nitrogens with zero attached hydrogens (tertiary/aromatic N) is 1. The number of carbonyl (C=O) groups is 1. The van der Waals surface area contributed by atoms with Crippen molar-refractivity contribution in [3.8, 4) is 0 Å². The summed E-state index contributed by atoms with van der Waals surface area (Å²) in [6, 6.07) is 1.23. The van der Waals surface area contributed by atoms with Crippen LogP contribution < -0.4 is 10.5 Å². The van der Waals surface area contributed by atoms with Gasteiger partial charge >= 0.3 is 12.3 Å². The van der Waals surface area contributed by atoms with Crippen molar-refractivity contribution in [2.75, 3.05) is 11.9 Å². The summed E-state index contributed by atoms with van der Waals surface area (Å²) >= 11 is 0. The Kier molecular flexibility index (Phi) is 4.22. The molecule has 4 N–H and O–H groups in total. The molecule has 0 saturated heterocycles. The summed E-state index contributed by atoms with van der Waals surface area (Å²) in [5, 5.41) is 6.98. The first-order valence-corrected chi connectivity index (χ1v) is 7.64. The van der Waals surface area contributed by atoms with Crippen LogP contribution in [0, 0.1) is 0 Å². The Morgan fingerprint density at radius 2 is 2.09 bits per heavy atom. The molecule has 1 amide bonds. The van der Waals surface area contributed by atoms with E-state index >= 15 is 0 Å². The second-order valence-electron chi connectivity index (χ2n) is 4.34. The number of H-pyrrole nitrogens is 1. The molecular formula is C11H11F3N4O4S. The normalized spacial score (nSPS) is 12.4. The van der Waals surface area contributed by atoms with E-state index in [4.69, 9.17) is 5.14 Å². The van der Waals surface area contributed by atoms with E-state index in [1.807, 2.05) is 0 Å². The smallest absolute Gasteiger partial charge is 0.417 e. The number of imidazole rings is 1. The van der Waals surface area contributed by atoms with Gasteiger partial charge in [0.25, 0.3) is 0 Å². The SMILES string of the molecule is CCOC(=O)Nc1nc2cc(S(N)(=O)=O)c(C(F)(F)F)cc2[nH]1. The highest BCUT2D eigenvalue weighted by atomic mass is 32.2. The number of nitrogens with one attached hydrogen (secondary N) is 2. The molecule has 0 unspecified atom stereocenters. The number of ether oxygens (including phenoxy) is 1. The summed E-state index contributed by atoms with van der Waals surface area (Å²) in [5.74, 6) is -0.196. The Balaban J connectivity index is 2.57. The molecule has 1 heterocycles. The number of benzene rings is 1. The number of aromatic nitrogens is 2. The van der Waals surface area contributed by atoms with Crippen molar-refractivity contribution in [2.24, 2.45) is 5.14 Å². The largest absolute Gasteiger partial charge is 0.450 e. The highest BCUT2D eigenvalue weighted by Gasteiger charge is 2.37. The molecule has 1 aromatic heterocycles. The number of sulfonamides is 1. The van der Waals surface area contributed by atoms with Gasteiger partial charge in [-0.2, -0.15) is 13.2 Å². The summed E-state index contributed by atoms with van der Waals surface area (Å²) in [6.45, 7) is 1.64. The van der Waals surface area contributed by atoms with E-state index in [-0.39, 0.29) is 23.6 Å². The van der Waals surface area contributed by atoms with Crippen LogP contribution in [-0.2, 0) is 20.9 Å². The zero-order valence-electron chi connectivity index (χ0n) is 11.6. The van der Waals surface area contributed by atoms with Crippen LogP contribution in [0.2, 0.25) is 0 Å². The Morgan fingerprint density at radius 1 is 1.43 bits per heavy atom. The van der Waals surface area contributed by atoms with Crippen molar-refractivity contribution in [1.29, 1.82) is 0 Å². The molecule has 1 aromatic carbocycles. The van der Waals surface area contributed by atoms with Gasteiger partial charge in [0.1, 0.15) is 0 Å². The second-order valence-corrected chi connectivity index (χ2v) is 5.87. The lowest BCUT2D eigenvalue weighted by Gasteiger charge is -2.11. The lowest BCUT2D eigenvalue weighted by molar-refractivity contribution is -0.139. The van der Waals surface area contributed by atoms with E-state index in [0.29, 0.717) is 12.1 Å². The Morgan fingerprint density at radius 3 is 2.61 bits per heavy atom. The molecule has 23 heavy (non-hydrogen) atoms. The summed E-state index contributed by atoms with van der Waals surface area (Å²) in [6.07, 6.45) is -5.80. The number of hydrogen-bond donors (Lipinski definition) is 3. The molecule has 0 atom stereocenters. The monoisotopic (exact) mass is 352 g/mol. The standard InChI is InChI=1S/C11H11F3N4O4S/c1-2-22-10(19)18-9-16-6-3-5(11(12,13)14)8(23(15,20)21)4-7(6)17-9/h3-4H,2H2,1H3,(H2,15,20,21)(H2,16,17,18,19). The molecule has 0 aliphatic carbocycles. The minimum absolute atomic E-state index is 0.0832. The molecule has 0 fully saturated rings. The number of nitrogens with two attached hydrogens (primary N) is 1. The van der Waals surface area contributed by atoms with Crippen LogP contribution in [0.5, 0.6) is 0 Å². The molecule has 0 spiro atoms. The maximum atomic E-state index is 13.0. The van der Waals surface area contributed by atoms with Crippen molar-refractivity contribution in [2.45, 2.75) is 18.0 Å². The van der Waals surface area contributed by atoms with Gasteiger partial charge in [-0.25, -0.2) is 23.3 Å². The van der Waals surface area contributed by atoms with Crippen molar-refractivity contribution < 1.29 is 31.1 Å². The first-order valence-electron chi connectivity index (χ1n) is 6.10. The molecule has 8 nitrogen and oxygen atoms in total. The molecular weight excluding hydrogens is 341 g/mol. The third-order valence-electron chi connectivity index (χ3n) is 2.69. The number of fused-ring (bicyclic) bond motifs is 1. The summed E-state index contributed by atoms with van der Waals surface area (Å²) in [7, 11) is -4.62. The molecule has 2 rings (SSSR count). The average molecular weight is 352 g/mol. The number of anilines is 1. The number of aromatic amines is 1. The van der Waals surface area contributed by atoms with Crippen LogP contribution >= 0.6 is 0 Å². The first-order chi connectivity index (χ1) is 10.5. The van der Waals surface area contributed by atoms with Gasteiger partial charge in [-0.1, -0.05) is 0 Å². The van der Waals surface area contributed by atoms with Crippen LogP contribution in [0.1, 0.15) is 12.5 Å². The predicted octanol–water partition coefficient (Wildman–Crippen LogP) is 1.80. The van der Waals surface area contributed by atoms with E-state index in [2.05, 4.69) is 20.0 Å². The fourth-order valence-corrected chi connectivity index (χ4v) is 2.57. The van der Waals surface area contributed by atoms with Gasteiger partial charge in [-0.15, -0.1) is 0 Å². The van der Waals surface area contributed by atoms with E-state index < -0.39 is 32.8 Å². The molecule has 0 saturated carbocycles. The maximum Gasteiger partial charge on any atom is 0.417 e. The lowest BCUT2D eigenvalue weighted by atomic mass is 10.2. The zero-order valence-corrected chi connectivity index (χ0v) is 12.4. The van der Waals surface area contributed by atoms with Crippen molar-refractivity contribution in [3.63, 3.8) is 0 Å². The van der Waals surface area contributed by atoms with Crippen molar-refractivity contribution in [1.82, 2.24) is 9.97 Å². The van der Waals surface area contributed by atoms with E-state index in [0.717, 1.165) is 0 Å². The minimum Gasteiger partial charge on any atom is -0.450 e. The summed E-state index contributed by atoms with van der Waals surface area (Å²) in [5.41, 5.74) is -1.68. The van der Waals surface area contributed by atoms with Gasteiger partial charge in [0, 0.05) is 0 Å². The van der Waals surface area contributed by atoms with E-state index in [1.54, 1.807) is 6.92 Å². The van der Waals surface area contributed by atoms with Crippen molar-refractivity contribution in [3.05, 3.63) is 17.7 Å². The van der Waals surface area contributed by atoms with Crippen LogP contribution in [0.4, 0.5) is 23.9 Å². The highest BCUT2D eigenvalue weighted by Crippen LogP contribution is 2.36. The number of primary sulfonamides is 1. The third-order valence-corrected chi connectivity index (χ3v) is 3.64. The van der Waals surface area contributed by atoms with E-state index in [9.17, 15) is 26.4 Å². The van der Waals surface area contributed by atoms with Gasteiger partial charge in [0.15, 0.2) is 0 Å². The molecule has 2 aromatic rings. The number of alkyl halides is 3. The van der Waals surface area contributed by atoms with Crippen LogP contribution in [0.3, 0.4) is 0 Å². The predicted molar refractivity (Wildman–Crippen MR) is 73.1 cm³/mol. The van der Waals surface area contributed by atoms with Crippen LogP contribution in [-0.4, -0.2) is 31.1 Å². The van der Waals surface area contributed by atoms with Crippen molar-refractivity contribution >= 4 is 33.1 Å². The number of carbonyl (C=O) groups excluding carboxylic acids is 1. The number of amides is 1. The molecule has 0 radical (unpaired) electrons. The van der Waals surface area contributed by atoms with Gasteiger partial charge in [-0.3, -0.25) is 5.32 Å². The van der Waals surface area contributed by atoms with E-state index in [1.165, 1.54) is 0 Å². The van der Waals surface area contributed by atoms with Gasteiger partial charge in [0.05, 0.1) is 28.1 Å². The van der Waals surface area contributed by atoms with Gasteiger partial charge in [0.2, 0.25) is 16.0 Å². The molecule has 12 heteroatoms. The number of hydrogen-bond acceptors (Lipinski definition) is 5. The fourth-order valence-electron chi connectivity index (χ4n) is 1.82.